The van der Waals surface area contributed by atoms with Crippen LogP contribution in [-0.2, 0) is 27.8 Å². The van der Waals surface area contributed by atoms with Crippen molar-refractivity contribution >= 4 is 12.2 Å². The van der Waals surface area contributed by atoms with Crippen LogP contribution in [0, 0.1) is 0 Å². The van der Waals surface area contributed by atoms with Gasteiger partial charge in [0.2, 0.25) is 5.69 Å². The van der Waals surface area contributed by atoms with Crippen molar-refractivity contribution in [3.05, 3.63) is 30.1 Å². The Morgan fingerprint density at radius 3 is 1.73 bits per heavy atom. The first kappa shape index (κ1) is 35.7. The molecule has 1 heterocycles. The first-order valence-electron chi connectivity index (χ1n) is 15.9. The summed E-state index contributed by atoms with van der Waals surface area (Å²) in [6, 6.07) is 5.76. The lowest BCUT2D eigenvalue weighted by Crippen LogP contribution is -2.38. The molecule has 0 saturated heterocycles. The molecule has 0 aliphatic heterocycles. The van der Waals surface area contributed by atoms with E-state index in [1.807, 2.05) is 42.9 Å². The number of pyridine rings is 1. The first-order valence-corrected chi connectivity index (χ1v) is 15.9. The highest BCUT2D eigenvalue weighted by atomic mass is 16.6. The monoisotopic (exact) mass is 564 g/mol. The van der Waals surface area contributed by atoms with Gasteiger partial charge >= 0.3 is 12.2 Å². The van der Waals surface area contributed by atoms with Gasteiger partial charge in [0.15, 0.2) is 6.20 Å². The van der Waals surface area contributed by atoms with E-state index in [0.29, 0.717) is 19.7 Å². The van der Waals surface area contributed by atoms with Crippen LogP contribution in [0.4, 0.5) is 9.59 Å². The number of amides is 2. The molecule has 0 saturated carbocycles. The van der Waals surface area contributed by atoms with Crippen LogP contribution in [0.15, 0.2) is 24.4 Å². The van der Waals surface area contributed by atoms with Crippen molar-refractivity contribution in [3.63, 3.8) is 0 Å². The first-order chi connectivity index (χ1) is 19.6. The Hall–Kier alpha value is -2.35. The second-order valence-corrected chi connectivity index (χ2v) is 10.7. The fourth-order valence-corrected chi connectivity index (χ4v) is 4.59. The molecular formula is C32H58N3O5+. The van der Waals surface area contributed by atoms with Crippen LogP contribution in [-0.4, -0.2) is 44.7 Å². The topological polar surface area (TPSA) is 89.8 Å². The lowest BCUT2D eigenvalue weighted by molar-refractivity contribution is -0.679. The molecule has 0 aliphatic rings. The normalized spacial score (nSPS) is 11.7. The minimum absolute atomic E-state index is 0.00694. The molecule has 0 spiro atoms. The summed E-state index contributed by atoms with van der Waals surface area (Å²) in [5.74, 6) is 0. The molecule has 40 heavy (non-hydrogen) atoms. The molecule has 1 unspecified atom stereocenters. The molecule has 1 aromatic rings. The molecule has 8 nitrogen and oxygen atoms in total. The fourth-order valence-electron chi connectivity index (χ4n) is 4.59. The number of rotatable bonds is 25. The predicted octanol–water partition coefficient (Wildman–Crippen LogP) is 7.13. The van der Waals surface area contributed by atoms with Gasteiger partial charge in [0, 0.05) is 25.3 Å². The van der Waals surface area contributed by atoms with Crippen LogP contribution in [0.1, 0.15) is 122 Å². The molecule has 1 aromatic heterocycles. The van der Waals surface area contributed by atoms with Gasteiger partial charge < -0.3 is 24.8 Å². The van der Waals surface area contributed by atoms with Gasteiger partial charge in [0.25, 0.3) is 0 Å². The maximum Gasteiger partial charge on any atom is 0.407 e. The van der Waals surface area contributed by atoms with E-state index in [2.05, 4.69) is 17.6 Å². The summed E-state index contributed by atoms with van der Waals surface area (Å²) in [5.41, 5.74) is 0.949. The highest BCUT2D eigenvalue weighted by Crippen LogP contribution is 2.13. The third-order valence-electron chi connectivity index (χ3n) is 7.08. The van der Waals surface area contributed by atoms with E-state index in [1.54, 1.807) is 0 Å². The Morgan fingerprint density at radius 1 is 0.725 bits per heavy atom. The van der Waals surface area contributed by atoms with Crippen molar-refractivity contribution in [2.45, 2.75) is 129 Å². The minimum Gasteiger partial charge on any atom is -0.447 e. The Morgan fingerprint density at radius 2 is 1.23 bits per heavy atom. The molecule has 0 aliphatic carbocycles. The van der Waals surface area contributed by atoms with E-state index >= 15 is 0 Å². The lowest BCUT2D eigenvalue weighted by Gasteiger charge is -2.17. The number of carbonyl (C=O) groups is 2. The van der Waals surface area contributed by atoms with Gasteiger partial charge in [0.05, 0.1) is 0 Å². The van der Waals surface area contributed by atoms with Gasteiger partial charge in [0.1, 0.15) is 32.9 Å². The molecule has 2 N–H and O–H groups in total. The van der Waals surface area contributed by atoms with E-state index < -0.39 is 18.3 Å². The molecule has 0 aromatic carbocycles. The molecule has 0 bridgehead atoms. The maximum absolute atomic E-state index is 12.0. The van der Waals surface area contributed by atoms with E-state index in [9.17, 15) is 9.59 Å². The largest absolute Gasteiger partial charge is 0.447 e. The van der Waals surface area contributed by atoms with Crippen LogP contribution in [0.5, 0.6) is 0 Å². The summed E-state index contributed by atoms with van der Waals surface area (Å²) in [5, 5.41) is 5.52. The van der Waals surface area contributed by atoms with Gasteiger partial charge in [-0.2, -0.15) is 0 Å². The number of nitrogens with zero attached hydrogens (tertiary/aromatic N) is 1. The average Bonchev–Trinajstić information content (AvgIpc) is 2.95. The zero-order valence-electron chi connectivity index (χ0n) is 25.7. The predicted molar refractivity (Wildman–Crippen MR) is 160 cm³/mol. The summed E-state index contributed by atoms with van der Waals surface area (Å²) in [4.78, 5) is 24.1. The van der Waals surface area contributed by atoms with E-state index in [0.717, 1.165) is 18.5 Å². The minimum atomic E-state index is -0.540. The van der Waals surface area contributed by atoms with E-state index in [4.69, 9.17) is 14.2 Å². The zero-order valence-corrected chi connectivity index (χ0v) is 25.7. The van der Waals surface area contributed by atoms with Gasteiger partial charge in [-0.1, -0.05) is 109 Å². The standard InChI is InChI=1S/C32H57N3O5/c1-4-6-7-8-9-10-11-12-13-14-15-16-17-18-19-21-24-33-31(36)39-27-30(38-5-2)28-40-32(37)34-26-29-23-20-22-25-35(29)3/h20,22-23,25,30H,4-19,21,24,26-28H2,1-3H3,(H-,33,34,36,37)/p+1. The van der Waals surface area contributed by atoms with Crippen molar-refractivity contribution < 1.29 is 28.4 Å². The quantitative estimate of drug-likeness (QED) is 0.0974. The van der Waals surface area contributed by atoms with Gasteiger partial charge in [-0.25, -0.2) is 14.2 Å². The number of unbranched alkanes of at least 4 members (excludes halogenated alkanes) is 15. The van der Waals surface area contributed by atoms with Crippen LogP contribution < -0.4 is 15.2 Å². The molecule has 1 rings (SSSR count). The van der Waals surface area contributed by atoms with Crippen LogP contribution in [0.25, 0.3) is 0 Å². The smallest absolute Gasteiger partial charge is 0.407 e. The van der Waals surface area contributed by atoms with Crippen molar-refractivity contribution in [2.75, 3.05) is 26.4 Å². The second kappa shape index (κ2) is 25.6. The molecule has 1 atom stereocenters. The van der Waals surface area contributed by atoms with E-state index in [1.165, 1.54) is 89.9 Å². The van der Waals surface area contributed by atoms with Crippen molar-refractivity contribution in [3.8, 4) is 0 Å². The van der Waals surface area contributed by atoms with Gasteiger partial charge in [-0.3, -0.25) is 0 Å². The highest BCUT2D eigenvalue weighted by Gasteiger charge is 2.16. The zero-order chi connectivity index (χ0) is 29.1. The summed E-state index contributed by atoms with van der Waals surface area (Å²) >= 11 is 0. The summed E-state index contributed by atoms with van der Waals surface area (Å²) < 4.78 is 18.0. The number of carbonyl (C=O) groups excluding carboxylic acids is 2. The number of aromatic nitrogens is 1. The number of hydrogen-bond acceptors (Lipinski definition) is 5. The van der Waals surface area contributed by atoms with Crippen LogP contribution in [0.3, 0.4) is 0 Å². The van der Waals surface area contributed by atoms with E-state index in [-0.39, 0.29) is 13.2 Å². The molecule has 230 valence electrons. The molecule has 0 fully saturated rings. The molecule has 2 amide bonds. The number of hydrogen-bond donors (Lipinski definition) is 2. The average molecular weight is 565 g/mol. The molecule has 0 radical (unpaired) electrons. The number of nitrogens with one attached hydrogen (secondary N) is 2. The third kappa shape index (κ3) is 20.5. The highest BCUT2D eigenvalue weighted by molar-refractivity contribution is 5.67. The molecule has 8 heteroatoms. The van der Waals surface area contributed by atoms with Crippen LogP contribution in [0.2, 0.25) is 0 Å². The van der Waals surface area contributed by atoms with Gasteiger partial charge in [-0.05, 0) is 13.3 Å². The van der Waals surface area contributed by atoms with Crippen molar-refractivity contribution in [2.24, 2.45) is 7.05 Å². The van der Waals surface area contributed by atoms with Crippen LogP contribution >= 0.6 is 0 Å². The Balaban J connectivity index is 1.96. The Bertz CT molecular complexity index is 762. The number of alkyl carbamates (subject to hydrolysis) is 2. The fraction of sp³-hybridized carbons (Fsp3) is 0.781. The Kier molecular flexibility index (Phi) is 22.8. The summed E-state index contributed by atoms with van der Waals surface area (Å²) in [6.45, 7) is 5.54. The SMILES string of the molecule is CCCCCCCCCCCCCCCCCCNC(=O)OCC(COC(=O)NCc1cccc[n+]1C)OCC. The number of aryl methyl sites for hydroxylation is 1. The number of ether oxygens (including phenoxy) is 3. The van der Waals surface area contributed by atoms with Crippen molar-refractivity contribution in [1.29, 1.82) is 0 Å². The molecular weight excluding hydrogens is 506 g/mol. The van der Waals surface area contributed by atoms with Crippen molar-refractivity contribution in [1.82, 2.24) is 10.6 Å². The maximum atomic E-state index is 12.0. The second-order valence-electron chi connectivity index (χ2n) is 10.7. The summed E-state index contributed by atoms with van der Waals surface area (Å²) in [6.07, 6.45) is 21.6. The lowest BCUT2D eigenvalue weighted by atomic mass is 10.0. The van der Waals surface area contributed by atoms with Gasteiger partial charge in [-0.15, -0.1) is 0 Å². The summed E-state index contributed by atoms with van der Waals surface area (Å²) in [7, 11) is 1.91. The Labute approximate surface area is 243 Å². The third-order valence-corrected chi connectivity index (χ3v) is 7.08.